The molecular weight excluding hydrogens is 930 g/mol. The van der Waals surface area contributed by atoms with Gasteiger partial charge in [-0.15, -0.1) is 0 Å². The fourth-order valence-corrected chi connectivity index (χ4v) is 9.29. The number of unbranched alkanes of at least 4 members (excludes halogenated alkanes) is 2. The van der Waals surface area contributed by atoms with Crippen LogP contribution < -0.4 is 159 Å². The van der Waals surface area contributed by atoms with E-state index >= 15 is 0 Å². The van der Waals surface area contributed by atoms with Gasteiger partial charge in [0.2, 0.25) is 5.69 Å². The van der Waals surface area contributed by atoms with Gasteiger partial charge in [-0.05, 0) is 82.0 Å². The predicted molar refractivity (Wildman–Crippen MR) is 202 cm³/mol. The number of carboxylic acids is 1. The number of carboxylic acid groups (broad SMARTS) is 1. The molecule has 2 aliphatic heterocycles. The number of allylic oxidation sites excluding steroid dienone is 6. The van der Waals surface area contributed by atoms with Crippen LogP contribution in [0.5, 0.6) is 0 Å². The van der Waals surface area contributed by atoms with Crippen LogP contribution in [-0.2, 0) is 56.1 Å². The Morgan fingerprint density at radius 1 is 0.729 bits per heavy atom. The quantitative estimate of drug-likeness (QED) is 0.0453. The SMILES string of the molecule is CC1(C)C(/C=C/C=C/C=C2\N(CCCS(=O)(=O)[O-])c3ccc(S(=O)(=O)[O-])cc3C2(C)CCCCCC(=O)O)=[N+](CCCS(=O)(=O)[O-])c2ccc(S(=O)(=O)[O-])cc21.[K+].[K+].[K+]. The number of fused-ring (bicyclic) bond motifs is 2. The van der Waals surface area contributed by atoms with Gasteiger partial charge in [0, 0.05) is 65.4 Å². The summed E-state index contributed by atoms with van der Waals surface area (Å²) in [5.41, 5.74) is 1.33. The van der Waals surface area contributed by atoms with Gasteiger partial charge in [0.25, 0.3) is 0 Å². The van der Waals surface area contributed by atoms with Gasteiger partial charge in [-0.1, -0.05) is 31.1 Å². The van der Waals surface area contributed by atoms with E-state index in [4.69, 9.17) is 5.11 Å². The molecule has 0 saturated heterocycles. The van der Waals surface area contributed by atoms with Gasteiger partial charge in [-0.3, -0.25) is 4.79 Å². The van der Waals surface area contributed by atoms with Crippen molar-refractivity contribution in [3.8, 4) is 0 Å². The molecule has 308 valence electrons. The van der Waals surface area contributed by atoms with Crippen LogP contribution in [-0.4, -0.2) is 97.8 Å². The molecule has 0 amide bonds. The minimum absolute atomic E-state index is 0. The van der Waals surface area contributed by atoms with E-state index in [2.05, 4.69) is 0 Å². The third kappa shape index (κ3) is 15.9. The van der Waals surface area contributed by atoms with Crippen LogP contribution in [0.4, 0.5) is 11.4 Å². The van der Waals surface area contributed by atoms with Crippen LogP contribution in [0.15, 0.2) is 82.3 Å². The predicted octanol–water partition coefficient (Wildman–Crippen LogP) is -5.44. The number of nitrogens with zero attached hydrogens (tertiary/aromatic N) is 2. The molecule has 1 N–H and O–H groups in total. The molecule has 0 saturated carbocycles. The van der Waals surface area contributed by atoms with Crippen molar-refractivity contribution in [2.24, 2.45) is 0 Å². The number of hydrogen-bond donors (Lipinski definition) is 1. The number of benzene rings is 2. The van der Waals surface area contributed by atoms with Gasteiger partial charge in [-0.2, -0.15) is 4.58 Å². The molecule has 0 radical (unpaired) electrons. The normalized spacial score (nSPS) is 18.4. The molecule has 23 heteroatoms. The van der Waals surface area contributed by atoms with Gasteiger partial charge in [0.15, 0.2) is 5.71 Å². The molecule has 0 bridgehead atoms. The molecule has 0 aliphatic carbocycles. The Morgan fingerprint density at radius 2 is 1.29 bits per heavy atom. The summed E-state index contributed by atoms with van der Waals surface area (Å²) in [5, 5.41) is 9.08. The molecule has 1 unspecified atom stereocenters. The molecule has 0 aromatic heterocycles. The van der Waals surface area contributed by atoms with Gasteiger partial charge >= 0.3 is 160 Å². The van der Waals surface area contributed by atoms with E-state index in [1.165, 1.54) is 24.3 Å². The summed E-state index contributed by atoms with van der Waals surface area (Å²) < 4.78 is 142. The summed E-state index contributed by atoms with van der Waals surface area (Å²) in [5.74, 6) is -2.26. The van der Waals surface area contributed by atoms with Gasteiger partial charge in [0.05, 0.1) is 35.4 Å². The van der Waals surface area contributed by atoms with Crippen molar-refractivity contribution in [3.05, 3.63) is 83.6 Å². The van der Waals surface area contributed by atoms with Gasteiger partial charge in [-0.25, -0.2) is 33.7 Å². The summed E-state index contributed by atoms with van der Waals surface area (Å²) in [4.78, 5) is 11.9. The van der Waals surface area contributed by atoms with Crippen molar-refractivity contribution >= 4 is 63.5 Å². The van der Waals surface area contributed by atoms with E-state index < -0.39 is 78.6 Å². The van der Waals surface area contributed by atoms with Crippen molar-refractivity contribution in [2.75, 3.05) is 29.5 Å². The van der Waals surface area contributed by atoms with E-state index in [1.807, 2.05) is 6.92 Å². The summed E-state index contributed by atoms with van der Waals surface area (Å²) in [7, 11) is -18.8. The summed E-state index contributed by atoms with van der Waals surface area (Å²) >= 11 is 0. The zero-order valence-electron chi connectivity index (χ0n) is 33.9. The van der Waals surface area contributed by atoms with Crippen molar-refractivity contribution in [1.82, 2.24) is 0 Å². The monoisotopic (exact) mass is 972 g/mol. The first-order valence-corrected chi connectivity index (χ1v) is 23.5. The van der Waals surface area contributed by atoms with Crippen LogP contribution in [0, 0.1) is 0 Å². The summed E-state index contributed by atoms with van der Waals surface area (Å²) in [6.45, 7) is 5.52. The second-order valence-corrected chi connectivity index (χ2v) is 20.2. The Hall–Kier alpha value is 1.15. The number of rotatable bonds is 19. The third-order valence-corrected chi connectivity index (χ3v) is 13.2. The van der Waals surface area contributed by atoms with Gasteiger partial charge in [0.1, 0.15) is 26.8 Å². The Morgan fingerprint density at radius 3 is 1.85 bits per heavy atom. The average molecular weight is 973 g/mol. The topological polar surface area (TPSA) is 272 Å². The van der Waals surface area contributed by atoms with Gasteiger partial charge < -0.3 is 28.2 Å². The molecular formula is C36H43K3N2O14S4. The zero-order chi connectivity index (χ0) is 41.9. The molecule has 2 aliphatic rings. The van der Waals surface area contributed by atoms with Crippen LogP contribution in [0.2, 0.25) is 0 Å². The minimum atomic E-state index is -4.87. The molecule has 4 rings (SSSR count). The van der Waals surface area contributed by atoms with Crippen molar-refractivity contribution in [3.63, 3.8) is 0 Å². The Kier molecular flexibility index (Phi) is 23.2. The molecule has 2 aromatic carbocycles. The van der Waals surface area contributed by atoms with Crippen molar-refractivity contribution in [1.29, 1.82) is 0 Å². The van der Waals surface area contributed by atoms with Crippen LogP contribution >= 0.6 is 0 Å². The van der Waals surface area contributed by atoms with Crippen LogP contribution in [0.25, 0.3) is 0 Å². The van der Waals surface area contributed by atoms with E-state index in [-0.39, 0.29) is 187 Å². The number of carbonyl (C=O) groups is 1. The molecule has 1 atom stereocenters. The average Bonchev–Trinajstić information content (AvgIpc) is 3.41. The summed E-state index contributed by atoms with van der Waals surface area (Å²) in [6.07, 6.45) is 10.0. The number of anilines is 1. The Bertz CT molecular complexity index is 2450. The maximum Gasteiger partial charge on any atom is 1.00 e. The molecule has 0 spiro atoms. The first-order valence-electron chi connectivity index (χ1n) is 17.5. The molecule has 2 heterocycles. The van der Waals surface area contributed by atoms with E-state index in [0.717, 1.165) is 12.1 Å². The summed E-state index contributed by atoms with van der Waals surface area (Å²) in [6, 6.07) is 7.76. The van der Waals surface area contributed by atoms with Crippen LogP contribution in [0.1, 0.15) is 76.8 Å². The maximum absolute atomic E-state index is 12.1. The molecule has 59 heavy (non-hydrogen) atoms. The standard InChI is InChI=1S/C36H46N2O14S4.3K/c1-35(2)28-24-26(55(47,48)49)15-17-30(28)37(20-10-22-53(41,42)43)32(35)12-6-4-7-13-33-36(3,19-9-5-8-14-34(39)40)29-25-27(56(50,51)52)16-18-31(29)38(33)21-11-23-54(44,45)46;;;/h4,6-7,12-13,15-18,24-25H,5,8-11,14,19-23H2,1-3H3,(H4-,39,40,41,42,43,44,45,46,47,48,49,50,51,52);;;/q;3*+1/p-3. The van der Waals surface area contributed by atoms with E-state index in [9.17, 15) is 56.7 Å². The Labute approximate surface area is 474 Å². The van der Waals surface area contributed by atoms with Crippen molar-refractivity contribution in [2.45, 2.75) is 86.3 Å². The molecule has 2 aromatic rings. The van der Waals surface area contributed by atoms with Crippen molar-refractivity contribution < 1.29 is 221 Å². The first-order chi connectivity index (χ1) is 25.8. The zero-order valence-corrected chi connectivity index (χ0v) is 46.5. The van der Waals surface area contributed by atoms with E-state index in [1.54, 1.807) is 53.7 Å². The fourth-order valence-electron chi connectivity index (χ4n) is 7.33. The minimum Gasteiger partial charge on any atom is -0.748 e. The number of aliphatic carboxylic acids is 1. The number of hydrogen-bond acceptors (Lipinski definition) is 14. The van der Waals surface area contributed by atoms with Crippen LogP contribution in [0.3, 0.4) is 0 Å². The smallest absolute Gasteiger partial charge is 0.748 e. The van der Waals surface area contributed by atoms with E-state index in [0.29, 0.717) is 59.6 Å². The first kappa shape index (κ1) is 58.2. The fraction of sp³-hybridized carbons (Fsp3) is 0.444. The maximum atomic E-state index is 12.1. The second-order valence-electron chi connectivity index (χ2n) is 14.4. The molecule has 16 nitrogen and oxygen atoms in total. The molecule has 0 fully saturated rings. The Balaban J connectivity index is 0.00000580. The largest absolute Gasteiger partial charge is 1.00 e. The third-order valence-electron chi connectivity index (χ3n) is 10.00. The second kappa shape index (κ2) is 23.6.